The second kappa shape index (κ2) is 3.37. The van der Waals surface area contributed by atoms with Crippen LogP contribution < -0.4 is 0 Å². The van der Waals surface area contributed by atoms with Gasteiger partial charge in [-0.2, -0.15) is 5.10 Å². The average Bonchev–Trinajstić information content (AvgIpc) is 2.69. The quantitative estimate of drug-likeness (QED) is 0.725. The monoisotopic (exact) mass is 191 g/mol. The second-order valence-electron chi connectivity index (χ2n) is 2.67. The molecule has 0 unspecified atom stereocenters. The summed E-state index contributed by atoms with van der Waals surface area (Å²) in [5, 5.41) is 5.96. The van der Waals surface area contributed by atoms with Crippen molar-refractivity contribution in [3.8, 4) is 0 Å². The smallest absolute Gasteiger partial charge is 0.229 e. The lowest BCUT2D eigenvalue weighted by molar-refractivity contribution is 0.102. The molecule has 5 heteroatoms. The molecule has 1 aromatic heterocycles. The Morgan fingerprint density at radius 3 is 2.93 bits per heavy atom. The van der Waals surface area contributed by atoms with Crippen LogP contribution in [0.4, 0.5) is 4.39 Å². The van der Waals surface area contributed by atoms with Crippen molar-refractivity contribution in [3.63, 3.8) is 0 Å². The number of H-pyrrole nitrogens is 1. The molecule has 0 radical (unpaired) electrons. The first kappa shape index (κ1) is 8.55. The third-order valence-corrected chi connectivity index (χ3v) is 1.72. The summed E-state index contributed by atoms with van der Waals surface area (Å²) in [6, 6.07) is 5.43. The summed E-state index contributed by atoms with van der Waals surface area (Å²) in [5.74, 6) is -0.715. The zero-order valence-corrected chi connectivity index (χ0v) is 7.07. The number of aromatic nitrogens is 3. The molecule has 14 heavy (non-hydrogen) atoms. The topological polar surface area (TPSA) is 58.6 Å². The molecule has 0 saturated heterocycles. The van der Waals surface area contributed by atoms with Crippen LogP contribution in [0.3, 0.4) is 0 Å². The Bertz CT molecular complexity index is 453. The Kier molecular flexibility index (Phi) is 2.06. The van der Waals surface area contributed by atoms with E-state index in [1.807, 2.05) is 0 Å². The maximum Gasteiger partial charge on any atom is 0.229 e. The van der Waals surface area contributed by atoms with Crippen molar-refractivity contribution in [3.05, 3.63) is 47.8 Å². The summed E-state index contributed by atoms with van der Waals surface area (Å²) in [6.45, 7) is 0. The van der Waals surface area contributed by atoms with E-state index < -0.39 is 5.82 Å². The second-order valence-corrected chi connectivity index (χ2v) is 2.67. The van der Waals surface area contributed by atoms with E-state index in [4.69, 9.17) is 0 Å². The van der Waals surface area contributed by atoms with Crippen molar-refractivity contribution in [2.75, 3.05) is 0 Å². The number of nitrogens with one attached hydrogen (secondary N) is 1. The van der Waals surface area contributed by atoms with Crippen molar-refractivity contribution in [2.45, 2.75) is 0 Å². The van der Waals surface area contributed by atoms with Gasteiger partial charge in [0.15, 0.2) is 5.82 Å². The molecule has 0 aliphatic rings. The normalized spacial score (nSPS) is 10.1. The number of ketones is 1. The summed E-state index contributed by atoms with van der Waals surface area (Å²) in [5.41, 5.74) is 0.252. The zero-order valence-electron chi connectivity index (χ0n) is 7.07. The first-order valence-corrected chi connectivity index (χ1v) is 3.93. The molecular formula is C9H6FN3O. The van der Waals surface area contributed by atoms with Gasteiger partial charge >= 0.3 is 0 Å². The number of halogens is 1. The Labute approximate surface area is 78.8 Å². The summed E-state index contributed by atoms with van der Waals surface area (Å²) in [7, 11) is 0. The third-order valence-electron chi connectivity index (χ3n) is 1.72. The van der Waals surface area contributed by atoms with E-state index in [0.717, 1.165) is 6.07 Å². The maximum absolute atomic E-state index is 12.8. The van der Waals surface area contributed by atoms with Crippen LogP contribution in [0.2, 0.25) is 0 Å². The fraction of sp³-hybridized carbons (Fsp3) is 0. The number of hydrogen-bond acceptors (Lipinski definition) is 3. The number of hydrogen-bond donors (Lipinski definition) is 1. The fourth-order valence-corrected chi connectivity index (χ4v) is 1.08. The van der Waals surface area contributed by atoms with E-state index in [9.17, 15) is 9.18 Å². The molecule has 1 N–H and O–H groups in total. The molecule has 0 saturated carbocycles. The van der Waals surface area contributed by atoms with E-state index in [1.165, 1.54) is 24.5 Å². The molecule has 1 aromatic carbocycles. The van der Waals surface area contributed by atoms with Gasteiger partial charge in [-0.1, -0.05) is 12.1 Å². The zero-order chi connectivity index (χ0) is 9.97. The number of nitrogens with zero attached hydrogens (tertiary/aromatic N) is 2. The van der Waals surface area contributed by atoms with Crippen molar-refractivity contribution >= 4 is 5.78 Å². The third kappa shape index (κ3) is 1.52. The first-order valence-electron chi connectivity index (χ1n) is 3.93. The Balaban J connectivity index is 2.37. The highest BCUT2D eigenvalue weighted by atomic mass is 19.1. The highest BCUT2D eigenvalue weighted by Crippen LogP contribution is 2.07. The van der Waals surface area contributed by atoms with Gasteiger partial charge in [-0.25, -0.2) is 9.37 Å². The predicted molar refractivity (Wildman–Crippen MR) is 46.2 cm³/mol. The molecule has 0 bridgehead atoms. The molecule has 1 heterocycles. The molecule has 2 rings (SSSR count). The van der Waals surface area contributed by atoms with Crippen LogP contribution in [0.25, 0.3) is 0 Å². The maximum atomic E-state index is 12.8. The minimum absolute atomic E-state index is 0.107. The lowest BCUT2D eigenvalue weighted by atomic mass is 10.1. The lowest BCUT2D eigenvalue weighted by Crippen LogP contribution is -2.03. The number of carbonyl (C=O) groups excluding carboxylic acids is 1. The minimum atomic E-state index is -0.449. The molecule has 0 aliphatic heterocycles. The molecule has 0 fully saturated rings. The van der Waals surface area contributed by atoms with Crippen molar-refractivity contribution in [2.24, 2.45) is 0 Å². The highest BCUT2D eigenvalue weighted by molar-refractivity contribution is 6.06. The number of benzene rings is 1. The number of carbonyl (C=O) groups is 1. The van der Waals surface area contributed by atoms with Gasteiger partial charge in [-0.3, -0.25) is 9.89 Å². The van der Waals surface area contributed by atoms with Crippen molar-refractivity contribution in [1.29, 1.82) is 0 Å². The van der Waals surface area contributed by atoms with Gasteiger partial charge in [-0.15, -0.1) is 0 Å². The van der Waals surface area contributed by atoms with E-state index >= 15 is 0 Å². The molecule has 0 amide bonds. The van der Waals surface area contributed by atoms with Crippen LogP contribution in [0.5, 0.6) is 0 Å². The SMILES string of the molecule is O=C(c1cccc(F)c1)c1ncn[nH]1. The number of rotatable bonds is 2. The molecule has 0 spiro atoms. The summed E-state index contributed by atoms with van der Waals surface area (Å²) < 4.78 is 12.8. The van der Waals surface area contributed by atoms with Crippen LogP contribution in [-0.4, -0.2) is 21.0 Å². The van der Waals surface area contributed by atoms with Crippen LogP contribution in [0.1, 0.15) is 16.2 Å². The summed E-state index contributed by atoms with van der Waals surface area (Å²) >= 11 is 0. The molecule has 2 aromatic rings. The van der Waals surface area contributed by atoms with Gasteiger partial charge in [0.1, 0.15) is 12.1 Å². The van der Waals surface area contributed by atoms with E-state index in [2.05, 4.69) is 15.2 Å². The van der Waals surface area contributed by atoms with Gasteiger partial charge in [-0.05, 0) is 12.1 Å². The van der Waals surface area contributed by atoms with Crippen LogP contribution >= 0.6 is 0 Å². The van der Waals surface area contributed by atoms with Gasteiger partial charge in [0.05, 0.1) is 0 Å². The van der Waals surface area contributed by atoms with Gasteiger partial charge in [0.25, 0.3) is 0 Å². The first-order chi connectivity index (χ1) is 6.77. The van der Waals surface area contributed by atoms with Crippen LogP contribution in [0, 0.1) is 5.82 Å². The average molecular weight is 191 g/mol. The van der Waals surface area contributed by atoms with Crippen molar-refractivity contribution in [1.82, 2.24) is 15.2 Å². The molecule has 0 aliphatic carbocycles. The fourth-order valence-electron chi connectivity index (χ4n) is 1.08. The predicted octanol–water partition coefficient (Wildman–Crippen LogP) is 1.17. The summed E-state index contributed by atoms with van der Waals surface area (Å²) in [6.07, 6.45) is 1.23. The van der Waals surface area contributed by atoms with Gasteiger partial charge in [0, 0.05) is 5.56 Å². The largest absolute Gasteiger partial charge is 0.285 e. The van der Waals surface area contributed by atoms with E-state index in [1.54, 1.807) is 0 Å². The Morgan fingerprint density at radius 1 is 1.43 bits per heavy atom. The van der Waals surface area contributed by atoms with Crippen molar-refractivity contribution < 1.29 is 9.18 Å². The molecular weight excluding hydrogens is 185 g/mol. The lowest BCUT2D eigenvalue weighted by Gasteiger charge is -1.96. The van der Waals surface area contributed by atoms with Crippen LogP contribution in [0.15, 0.2) is 30.6 Å². The molecule has 0 atom stereocenters. The number of aromatic amines is 1. The Hall–Kier alpha value is -2.04. The highest BCUT2D eigenvalue weighted by Gasteiger charge is 2.11. The molecule has 4 nitrogen and oxygen atoms in total. The summed E-state index contributed by atoms with van der Waals surface area (Å²) in [4.78, 5) is 15.2. The Morgan fingerprint density at radius 2 is 2.29 bits per heavy atom. The van der Waals surface area contributed by atoms with Gasteiger partial charge in [0.2, 0.25) is 5.78 Å². The van der Waals surface area contributed by atoms with Gasteiger partial charge < -0.3 is 0 Å². The van der Waals surface area contributed by atoms with E-state index in [0.29, 0.717) is 0 Å². The van der Waals surface area contributed by atoms with Crippen LogP contribution in [-0.2, 0) is 0 Å². The standard InChI is InChI=1S/C9H6FN3O/c10-7-3-1-2-6(4-7)8(14)9-11-5-12-13-9/h1-5H,(H,11,12,13). The van der Waals surface area contributed by atoms with E-state index in [-0.39, 0.29) is 17.2 Å². The molecule has 70 valence electrons. The minimum Gasteiger partial charge on any atom is -0.285 e.